The standard InChI is InChI=1S/C22H22F6N4O3/c23-21(24,25)18(22(26,27)28)35-19(34)30-13-9-20(10-14-30)8-4-11-31(20)17(33)16-7-12-32(29-16)15-5-2-1-3-6-15/h1-3,5-7,12,18H,4,8-11,13-14H2. The molecule has 7 nitrogen and oxygen atoms in total. The van der Waals surface area contributed by atoms with E-state index in [1.807, 2.05) is 30.3 Å². The maximum Gasteiger partial charge on any atom is 0.434 e. The molecule has 0 atom stereocenters. The first-order chi connectivity index (χ1) is 16.4. The number of amides is 2. The van der Waals surface area contributed by atoms with Gasteiger partial charge >= 0.3 is 18.4 Å². The molecule has 2 aliphatic rings. The van der Waals surface area contributed by atoms with E-state index in [1.54, 1.807) is 21.8 Å². The van der Waals surface area contributed by atoms with E-state index in [0.717, 1.165) is 10.6 Å². The number of ether oxygens (including phenoxy) is 1. The van der Waals surface area contributed by atoms with E-state index in [0.29, 0.717) is 19.4 Å². The van der Waals surface area contributed by atoms with Crippen molar-refractivity contribution in [2.75, 3.05) is 19.6 Å². The summed E-state index contributed by atoms with van der Waals surface area (Å²) in [5.74, 6) is -0.317. The smallest absolute Gasteiger partial charge is 0.426 e. The maximum atomic E-state index is 13.2. The minimum atomic E-state index is -5.78. The summed E-state index contributed by atoms with van der Waals surface area (Å²) in [6, 6.07) is 10.8. The maximum absolute atomic E-state index is 13.2. The Kier molecular flexibility index (Phi) is 6.45. The molecule has 3 heterocycles. The first-order valence-corrected chi connectivity index (χ1v) is 10.9. The zero-order valence-electron chi connectivity index (χ0n) is 18.3. The second-order valence-electron chi connectivity index (χ2n) is 8.60. The Morgan fingerprint density at radius 1 is 0.914 bits per heavy atom. The molecule has 1 aromatic carbocycles. The number of hydrogen-bond donors (Lipinski definition) is 0. The third kappa shape index (κ3) is 5.08. The Balaban J connectivity index is 1.42. The highest BCUT2D eigenvalue weighted by atomic mass is 19.4. The molecule has 0 bridgehead atoms. The summed E-state index contributed by atoms with van der Waals surface area (Å²) in [5.41, 5.74) is 0.332. The first kappa shape index (κ1) is 24.9. The highest BCUT2D eigenvalue weighted by molar-refractivity contribution is 5.93. The molecule has 2 aromatic rings. The molecule has 2 aliphatic heterocycles. The number of carbonyl (C=O) groups is 2. The number of para-hydroxylation sites is 1. The van der Waals surface area contributed by atoms with Gasteiger partial charge in [0.2, 0.25) is 0 Å². The van der Waals surface area contributed by atoms with Crippen molar-refractivity contribution < 1.29 is 40.7 Å². The second-order valence-corrected chi connectivity index (χ2v) is 8.60. The quantitative estimate of drug-likeness (QED) is 0.575. The van der Waals surface area contributed by atoms with Crippen molar-refractivity contribution in [2.45, 2.75) is 49.7 Å². The van der Waals surface area contributed by atoms with Crippen LogP contribution in [-0.4, -0.2) is 75.2 Å². The Morgan fingerprint density at radius 2 is 1.54 bits per heavy atom. The van der Waals surface area contributed by atoms with Gasteiger partial charge in [-0.1, -0.05) is 18.2 Å². The molecule has 0 radical (unpaired) electrons. The highest BCUT2D eigenvalue weighted by Crippen LogP contribution is 2.40. The molecule has 0 aliphatic carbocycles. The van der Waals surface area contributed by atoms with Crippen molar-refractivity contribution >= 4 is 12.0 Å². The number of nitrogens with zero attached hydrogens (tertiary/aromatic N) is 4. The SMILES string of the molecule is O=C(OC(C(F)(F)F)C(F)(F)F)N1CCC2(CCCN2C(=O)c2ccn(-c3ccccc3)n2)CC1. The van der Waals surface area contributed by atoms with Crippen LogP contribution >= 0.6 is 0 Å². The van der Waals surface area contributed by atoms with Crippen LogP contribution in [-0.2, 0) is 4.74 Å². The summed E-state index contributed by atoms with van der Waals surface area (Å²) in [4.78, 5) is 27.8. The lowest BCUT2D eigenvalue weighted by Crippen LogP contribution is -2.56. The summed E-state index contributed by atoms with van der Waals surface area (Å²) in [7, 11) is 0. The van der Waals surface area contributed by atoms with Crippen LogP contribution in [0.15, 0.2) is 42.6 Å². The van der Waals surface area contributed by atoms with Crippen LogP contribution in [0.3, 0.4) is 0 Å². The molecule has 1 aromatic heterocycles. The van der Waals surface area contributed by atoms with E-state index in [9.17, 15) is 35.9 Å². The first-order valence-electron chi connectivity index (χ1n) is 10.9. The van der Waals surface area contributed by atoms with Gasteiger partial charge in [-0.3, -0.25) is 4.79 Å². The van der Waals surface area contributed by atoms with Crippen LogP contribution in [0.1, 0.15) is 36.2 Å². The third-order valence-corrected chi connectivity index (χ3v) is 6.44. The second kappa shape index (κ2) is 9.08. The number of hydrogen-bond acceptors (Lipinski definition) is 4. The van der Waals surface area contributed by atoms with E-state index in [1.165, 1.54) is 0 Å². The van der Waals surface area contributed by atoms with Gasteiger partial charge in [-0.25, -0.2) is 9.48 Å². The fraction of sp³-hybridized carbons (Fsp3) is 0.500. The molecular formula is C22H22F6N4O3. The molecule has 13 heteroatoms. The minimum Gasteiger partial charge on any atom is -0.426 e. The normalized spacial score (nSPS) is 18.4. The van der Waals surface area contributed by atoms with Crippen molar-refractivity contribution in [3.63, 3.8) is 0 Å². The minimum absolute atomic E-state index is 0.135. The van der Waals surface area contributed by atoms with Crippen molar-refractivity contribution in [1.82, 2.24) is 19.6 Å². The number of piperidine rings is 1. The summed E-state index contributed by atoms with van der Waals surface area (Å²) in [5, 5.41) is 4.35. The summed E-state index contributed by atoms with van der Waals surface area (Å²) < 4.78 is 81.7. The Bertz CT molecular complexity index is 1050. The van der Waals surface area contributed by atoms with Crippen molar-refractivity contribution in [3.05, 3.63) is 48.3 Å². The molecular weight excluding hydrogens is 482 g/mol. The molecule has 2 saturated heterocycles. The molecule has 1 spiro atoms. The molecule has 35 heavy (non-hydrogen) atoms. The van der Waals surface area contributed by atoms with Crippen LogP contribution in [0.4, 0.5) is 31.1 Å². The van der Waals surface area contributed by atoms with Gasteiger partial charge in [0.05, 0.1) is 5.69 Å². The number of alkyl halides is 6. The zero-order chi connectivity index (χ0) is 25.4. The van der Waals surface area contributed by atoms with E-state index >= 15 is 0 Å². The Hall–Kier alpha value is -3.25. The number of likely N-dealkylation sites (tertiary alicyclic amines) is 2. The lowest BCUT2D eigenvalue weighted by molar-refractivity contribution is -0.308. The van der Waals surface area contributed by atoms with Crippen LogP contribution in [0, 0.1) is 0 Å². The molecule has 2 amide bonds. The third-order valence-electron chi connectivity index (χ3n) is 6.44. The molecule has 0 unspecified atom stereocenters. The number of halogens is 6. The van der Waals surface area contributed by atoms with Gasteiger partial charge in [-0.15, -0.1) is 0 Å². The fourth-order valence-corrected chi connectivity index (χ4v) is 4.68. The van der Waals surface area contributed by atoms with Gasteiger partial charge in [-0.05, 0) is 43.9 Å². The average molecular weight is 504 g/mol. The van der Waals surface area contributed by atoms with E-state index in [4.69, 9.17) is 0 Å². The van der Waals surface area contributed by atoms with Crippen molar-refractivity contribution in [1.29, 1.82) is 0 Å². The topological polar surface area (TPSA) is 67.7 Å². The van der Waals surface area contributed by atoms with Crippen LogP contribution in [0.25, 0.3) is 5.69 Å². The average Bonchev–Trinajstić information content (AvgIpc) is 3.44. The molecule has 190 valence electrons. The molecule has 0 saturated carbocycles. The molecule has 0 N–H and O–H groups in total. The van der Waals surface area contributed by atoms with E-state index < -0.39 is 30.1 Å². The Labute approximate surface area is 196 Å². The number of benzene rings is 1. The lowest BCUT2D eigenvalue weighted by Gasteiger charge is -2.44. The number of rotatable bonds is 3. The summed E-state index contributed by atoms with van der Waals surface area (Å²) in [6.45, 7) is 0.165. The molecule has 4 rings (SSSR count). The van der Waals surface area contributed by atoms with Crippen LogP contribution < -0.4 is 0 Å². The largest absolute Gasteiger partial charge is 0.434 e. The van der Waals surface area contributed by atoms with Crippen LogP contribution in [0.2, 0.25) is 0 Å². The number of aromatic nitrogens is 2. The lowest BCUT2D eigenvalue weighted by atomic mass is 9.85. The Morgan fingerprint density at radius 3 is 2.14 bits per heavy atom. The monoisotopic (exact) mass is 504 g/mol. The van der Waals surface area contributed by atoms with Crippen molar-refractivity contribution in [2.24, 2.45) is 0 Å². The predicted molar refractivity (Wildman–Crippen MR) is 110 cm³/mol. The van der Waals surface area contributed by atoms with Gasteiger partial charge in [0, 0.05) is 31.4 Å². The van der Waals surface area contributed by atoms with Gasteiger partial charge in [0.15, 0.2) is 5.69 Å². The number of carbonyl (C=O) groups excluding carboxylic acids is 2. The highest BCUT2D eigenvalue weighted by Gasteiger charge is 2.60. The summed E-state index contributed by atoms with van der Waals surface area (Å²) >= 11 is 0. The van der Waals surface area contributed by atoms with Crippen molar-refractivity contribution in [3.8, 4) is 5.69 Å². The predicted octanol–water partition coefficient (Wildman–Crippen LogP) is 4.57. The molecule has 2 fully saturated rings. The van der Waals surface area contributed by atoms with Gasteiger partial charge in [0.1, 0.15) is 0 Å². The van der Waals surface area contributed by atoms with E-state index in [-0.39, 0.29) is 37.5 Å². The zero-order valence-corrected chi connectivity index (χ0v) is 18.3. The van der Waals surface area contributed by atoms with Gasteiger partial charge < -0.3 is 14.5 Å². The van der Waals surface area contributed by atoms with Gasteiger partial charge in [0.25, 0.3) is 12.0 Å². The fourth-order valence-electron chi connectivity index (χ4n) is 4.68. The van der Waals surface area contributed by atoms with Gasteiger partial charge in [-0.2, -0.15) is 31.4 Å². The van der Waals surface area contributed by atoms with Crippen LogP contribution in [0.5, 0.6) is 0 Å². The summed E-state index contributed by atoms with van der Waals surface area (Å²) in [6.07, 6.45) is -14.1. The van der Waals surface area contributed by atoms with E-state index in [2.05, 4.69) is 9.84 Å².